The fourth-order valence-corrected chi connectivity index (χ4v) is 4.36. The number of aromatic nitrogens is 4. The van der Waals surface area contributed by atoms with Crippen molar-refractivity contribution in [2.24, 2.45) is 7.05 Å². The van der Waals surface area contributed by atoms with Crippen LogP contribution in [0.5, 0.6) is 0 Å². The van der Waals surface area contributed by atoms with Crippen LogP contribution in [0.2, 0.25) is 0 Å². The van der Waals surface area contributed by atoms with Crippen LogP contribution < -0.4 is 5.32 Å². The molecular weight excluding hydrogens is 386 g/mol. The van der Waals surface area contributed by atoms with Crippen LogP contribution in [0.1, 0.15) is 27.2 Å². The first-order valence-electron chi connectivity index (χ1n) is 9.17. The van der Waals surface area contributed by atoms with Gasteiger partial charge in [0.15, 0.2) is 0 Å². The number of rotatable bonds is 6. The van der Waals surface area contributed by atoms with Gasteiger partial charge in [0.05, 0.1) is 22.2 Å². The summed E-state index contributed by atoms with van der Waals surface area (Å²) in [4.78, 5) is 17.5. The summed E-state index contributed by atoms with van der Waals surface area (Å²) in [5, 5.41) is 7.20. The Balaban J connectivity index is 1.42. The Morgan fingerprint density at radius 2 is 2.00 bits per heavy atom. The number of fused-ring (bicyclic) bond motifs is 1. The molecule has 148 valence electrons. The van der Waals surface area contributed by atoms with Gasteiger partial charge in [-0.15, -0.1) is 0 Å². The third kappa shape index (κ3) is 4.27. The lowest BCUT2D eigenvalue weighted by atomic mass is 10.1. The van der Waals surface area contributed by atoms with Crippen LogP contribution >= 0.6 is 0 Å². The molecule has 0 bridgehead atoms. The number of pyridine rings is 1. The first-order chi connectivity index (χ1) is 14.0. The van der Waals surface area contributed by atoms with Gasteiger partial charge in [-0.2, -0.15) is 5.10 Å². The maximum absolute atomic E-state index is 12.7. The molecule has 0 aliphatic rings. The highest BCUT2D eigenvalue weighted by atomic mass is 32.2. The third-order valence-electron chi connectivity index (χ3n) is 4.65. The lowest BCUT2D eigenvalue weighted by molar-refractivity contribution is 0.0950. The lowest BCUT2D eigenvalue weighted by Gasteiger charge is -2.09. The van der Waals surface area contributed by atoms with E-state index in [0.717, 1.165) is 27.4 Å². The molecule has 0 aliphatic carbocycles. The second-order valence-electron chi connectivity index (χ2n) is 6.86. The molecule has 3 heterocycles. The minimum absolute atomic E-state index is 0.168. The first kappa shape index (κ1) is 19.1. The average molecular weight is 407 g/mol. The van der Waals surface area contributed by atoms with E-state index in [0.29, 0.717) is 17.9 Å². The standard InChI is InChI=1S/C21H21N5O2S/c1-15-11-17(3-4-19(15)29(28)14-18-6-8-25(2)24-18)21(27)23-13-16-5-9-26-10-7-22-20(26)12-16/h3-12H,13-14H2,1-2H3,(H,23,27). The van der Waals surface area contributed by atoms with Gasteiger partial charge < -0.3 is 9.72 Å². The molecule has 4 aromatic rings. The van der Waals surface area contributed by atoms with Crippen LogP contribution in [0, 0.1) is 6.92 Å². The van der Waals surface area contributed by atoms with E-state index in [1.54, 1.807) is 29.1 Å². The summed E-state index contributed by atoms with van der Waals surface area (Å²) in [6.45, 7) is 2.28. The molecule has 1 N–H and O–H groups in total. The molecule has 0 saturated heterocycles. The van der Waals surface area contributed by atoms with E-state index >= 15 is 0 Å². The summed E-state index contributed by atoms with van der Waals surface area (Å²) in [6.07, 6.45) is 7.36. The Bertz CT molecular complexity index is 1210. The largest absolute Gasteiger partial charge is 0.348 e. The Morgan fingerprint density at radius 3 is 2.76 bits per heavy atom. The highest BCUT2D eigenvalue weighted by Crippen LogP contribution is 2.18. The summed E-state index contributed by atoms with van der Waals surface area (Å²) < 4.78 is 16.3. The molecule has 0 aliphatic heterocycles. The molecule has 0 spiro atoms. The second-order valence-corrected chi connectivity index (χ2v) is 8.28. The van der Waals surface area contributed by atoms with Crippen LogP contribution in [0.4, 0.5) is 0 Å². The predicted molar refractivity (Wildman–Crippen MR) is 111 cm³/mol. The van der Waals surface area contributed by atoms with Gasteiger partial charge >= 0.3 is 0 Å². The maximum atomic E-state index is 12.7. The van der Waals surface area contributed by atoms with E-state index in [4.69, 9.17) is 0 Å². The number of hydrogen-bond acceptors (Lipinski definition) is 4. The molecule has 7 nitrogen and oxygen atoms in total. The molecule has 0 saturated carbocycles. The topological polar surface area (TPSA) is 81.3 Å². The van der Waals surface area contributed by atoms with Gasteiger partial charge in [0.25, 0.3) is 5.91 Å². The highest BCUT2D eigenvalue weighted by molar-refractivity contribution is 7.84. The predicted octanol–water partition coefficient (Wildman–Crippen LogP) is 2.61. The van der Waals surface area contributed by atoms with Gasteiger partial charge in [0.2, 0.25) is 0 Å². The zero-order valence-corrected chi connectivity index (χ0v) is 17.0. The van der Waals surface area contributed by atoms with E-state index in [1.165, 1.54) is 0 Å². The Morgan fingerprint density at radius 1 is 1.14 bits per heavy atom. The van der Waals surface area contributed by atoms with Gasteiger partial charge in [-0.05, 0) is 54.4 Å². The molecule has 1 atom stereocenters. The SMILES string of the molecule is Cc1cc(C(=O)NCc2ccn3ccnc3c2)ccc1S(=O)Cc1ccn(C)n1. The van der Waals surface area contributed by atoms with Crippen molar-refractivity contribution in [1.82, 2.24) is 24.5 Å². The smallest absolute Gasteiger partial charge is 0.251 e. The summed E-state index contributed by atoms with van der Waals surface area (Å²) in [5.74, 6) is 0.182. The van der Waals surface area contributed by atoms with E-state index in [1.807, 2.05) is 55.2 Å². The maximum Gasteiger partial charge on any atom is 0.251 e. The van der Waals surface area contributed by atoms with Gasteiger partial charge in [0.1, 0.15) is 5.65 Å². The fourth-order valence-electron chi connectivity index (χ4n) is 3.15. The van der Waals surface area contributed by atoms with Gasteiger partial charge in [0, 0.05) is 48.8 Å². The molecule has 1 aromatic carbocycles. The normalized spacial score (nSPS) is 12.2. The minimum Gasteiger partial charge on any atom is -0.348 e. The Labute approximate surface area is 170 Å². The molecular formula is C21H21N5O2S. The molecule has 1 amide bonds. The number of amides is 1. The van der Waals surface area contributed by atoms with Gasteiger partial charge in [-0.3, -0.25) is 13.7 Å². The molecule has 29 heavy (non-hydrogen) atoms. The van der Waals surface area contributed by atoms with Gasteiger partial charge in [-0.1, -0.05) is 0 Å². The number of imidazole rings is 1. The van der Waals surface area contributed by atoms with Crippen LogP contribution in [-0.2, 0) is 30.1 Å². The van der Waals surface area contributed by atoms with E-state index in [2.05, 4.69) is 15.4 Å². The number of carbonyl (C=O) groups excluding carboxylic acids is 1. The van der Waals surface area contributed by atoms with Crippen LogP contribution in [0.25, 0.3) is 5.65 Å². The van der Waals surface area contributed by atoms with Crippen molar-refractivity contribution in [3.05, 3.63) is 83.6 Å². The first-order valence-corrected chi connectivity index (χ1v) is 10.5. The molecule has 0 fully saturated rings. The quantitative estimate of drug-likeness (QED) is 0.533. The number of nitrogens with one attached hydrogen (secondary N) is 1. The van der Waals surface area contributed by atoms with Crippen molar-refractivity contribution in [2.75, 3.05) is 0 Å². The zero-order chi connectivity index (χ0) is 20.4. The van der Waals surface area contributed by atoms with Crippen LogP contribution in [0.15, 0.2) is 66.1 Å². The highest BCUT2D eigenvalue weighted by Gasteiger charge is 2.13. The van der Waals surface area contributed by atoms with Crippen molar-refractivity contribution >= 4 is 22.4 Å². The second kappa shape index (κ2) is 8.00. The summed E-state index contributed by atoms with van der Waals surface area (Å²) in [5.41, 5.74) is 3.96. The van der Waals surface area contributed by atoms with Crippen molar-refractivity contribution in [1.29, 1.82) is 0 Å². The van der Waals surface area contributed by atoms with Crippen molar-refractivity contribution < 1.29 is 9.00 Å². The molecule has 0 radical (unpaired) electrons. The van der Waals surface area contributed by atoms with Gasteiger partial charge in [-0.25, -0.2) is 4.98 Å². The van der Waals surface area contributed by atoms with E-state index in [9.17, 15) is 9.00 Å². The summed E-state index contributed by atoms with van der Waals surface area (Å²) in [7, 11) is 0.618. The monoisotopic (exact) mass is 407 g/mol. The molecule has 3 aromatic heterocycles. The van der Waals surface area contributed by atoms with Crippen molar-refractivity contribution in [2.45, 2.75) is 24.1 Å². The summed E-state index contributed by atoms with van der Waals surface area (Å²) in [6, 6.07) is 11.0. The number of nitrogens with zero attached hydrogens (tertiary/aromatic N) is 4. The van der Waals surface area contributed by atoms with Crippen LogP contribution in [-0.4, -0.2) is 29.3 Å². The number of hydrogen-bond donors (Lipinski definition) is 1. The average Bonchev–Trinajstić information content (AvgIpc) is 3.34. The number of aryl methyl sites for hydroxylation is 2. The van der Waals surface area contributed by atoms with Crippen molar-refractivity contribution in [3.8, 4) is 0 Å². The number of benzene rings is 1. The minimum atomic E-state index is -1.21. The fraction of sp³-hybridized carbons (Fsp3) is 0.190. The Kier molecular flexibility index (Phi) is 5.26. The number of carbonyl (C=O) groups is 1. The molecule has 4 rings (SSSR count). The lowest BCUT2D eigenvalue weighted by Crippen LogP contribution is -2.23. The Hall–Kier alpha value is -3.26. The zero-order valence-electron chi connectivity index (χ0n) is 16.2. The summed E-state index contributed by atoms with van der Waals surface area (Å²) >= 11 is 0. The van der Waals surface area contributed by atoms with Crippen LogP contribution in [0.3, 0.4) is 0 Å². The van der Waals surface area contributed by atoms with E-state index in [-0.39, 0.29) is 5.91 Å². The molecule has 8 heteroatoms. The van der Waals surface area contributed by atoms with E-state index < -0.39 is 10.8 Å². The molecule has 1 unspecified atom stereocenters. The van der Waals surface area contributed by atoms with Crippen molar-refractivity contribution in [3.63, 3.8) is 0 Å². The third-order valence-corrected chi connectivity index (χ3v) is 6.15.